The molecule has 3 heterocycles. The Labute approximate surface area is 129 Å². The minimum Gasteiger partial charge on any atom is -0.353 e. The molecule has 2 aromatic rings. The summed E-state index contributed by atoms with van der Waals surface area (Å²) in [6.45, 7) is 9.61. The summed E-state index contributed by atoms with van der Waals surface area (Å²) in [7, 11) is 0. The molecule has 3 rings (SSSR count). The Hall–Kier alpha value is -2.25. The van der Waals surface area contributed by atoms with Crippen molar-refractivity contribution < 1.29 is 4.79 Å². The number of hydrogen-bond acceptors (Lipinski definition) is 6. The fraction of sp³-hybridized carbons (Fsp3) is 0.643. The number of nitrogens with zero attached hydrogens (tertiary/aromatic N) is 7. The van der Waals surface area contributed by atoms with E-state index in [4.69, 9.17) is 0 Å². The second-order valence-electron chi connectivity index (χ2n) is 5.39. The molecule has 2 aromatic heterocycles. The van der Waals surface area contributed by atoms with Crippen molar-refractivity contribution in [2.75, 3.05) is 31.1 Å². The zero-order valence-electron chi connectivity index (χ0n) is 13.2. The van der Waals surface area contributed by atoms with Crippen molar-refractivity contribution in [1.82, 2.24) is 29.9 Å². The van der Waals surface area contributed by atoms with Crippen LogP contribution in [0.3, 0.4) is 0 Å². The topological polar surface area (TPSA) is 80.0 Å². The second kappa shape index (κ2) is 5.86. The molecule has 118 valence electrons. The van der Waals surface area contributed by atoms with Gasteiger partial charge in [0.2, 0.25) is 5.91 Å². The number of anilines is 1. The van der Waals surface area contributed by atoms with E-state index in [1.165, 1.54) is 6.33 Å². The predicted octanol–water partition coefficient (Wildman–Crippen LogP) is 0.546. The Morgan fingerprint density at radius 3 is 2.64 bits per heavy atom. The number of carbonyl (C=O) groups is 1. The molecule has 0 atom stereocenters. The zero-order chi connectivity index (χ0) is 15.7. The standard InChI is InChI=1S/C14H21N7O/c1-4-19(5-2)14(22)10-7-20(8-10)12-11-13(16-9-15-12)21(6-3)18-17-11/h9-10H,4-8H2,1-3H3. The molecule has 8 heteroatoms. The molecule has 0 spiro atoms. The Balaban J connectivity index is 1.76. The second-order valence-corrected chi connectivity index (χ2v) is 5.39. The lowest BCUT2D eigenvalue weighted by Gasteiger charge is -2.40. The van der Waals surface area contributed by atoms with Crippen LogP contribution in [0.25, 0.3) is 11.2 Å². The van der Waals surface area contributed by atoms with Gasteiger partial charge < -0.3 is 9.80 Å². The van der Waals surface area contributed by atoms with Crippen molar-refractivity contribution in [3.63, 3.8) is 0 Å². The molecule has 0 aliphatic carbocycles. The first-order chi connectivity index (χ1) is 10.7. The van der Waals surface area contributed by atoms with E-state index in [0.717, 1.165) is 31.1 Å². The van der Waals surface area contributed by atoms with Crippen molar-refractivity contribution in [3.05, 3.63) is 6.33 Å². The number of amides is 1. The molecule has 0 radical (unpaired) electrons. The van der Waals surface area contributed by atoms with Gasteiger partial charge in [0.25, 0.3) is 0 Å². The van der Waals surface area contributed by atoms with Crippen molar-refractivity contribution in [2.45, 2.75) is 27.3 Å². The van der Waals surface area contributed by atoms with Gasteiger partial charge in [0.15, 0.2) is 17.0 Å². The summed E-state index contributed by atoms with van der Waals surface area (Å²) >= 11 is 0. The summed E-state index contributed by atoms with van der Waals surface area (Å²) in [5.41, 5.74) is 1.45. The maximum absolute atomic E-state index is 12.3. The highest BCUT2D eigenvalue weighted by Crippen LogP contribution is 2.28. The molecule has 1 amide bonds. The van der Waals surface area contributed by atoms with Crippen molar-refractivity contribution in [2.24, 2.45) is 5.92 Å². The van der Waals surface area contributed by atoms with Gasteiger partial charge in [-0.2, -0.15) is 0 Å². The number of aryl methyl sites for hydroxylation is 1. The minimum atomic E-state index is 0.0473. The predicted molar refractivity (Wildman–Crippen MR) is 82.4 cm³/mol. The number of carbonyl (C=O) groups excluding carboxylic acids is 1. The van der Waals surface area contributed by atoms with Gasteiger partial charge in [-0.1, -0.05) is 5.21 Å². The SMILES string of the molecule is CCN(CC)C(=O)C1CN(c2ncnc3c2nnn3CC)C1. The van der Waals surface area contributed by atoms with Crippen LogP contribution in [0.5, 0.6) is 0 Å². The van der Waals surface area contributed by atoms with Gasteiger partial charge in [-0.05, 0) is 20.8 Å². The highest BCUT2D eigenvalue weighted by Gasteiger charge is 2.36. The Kier molecular flexibility index (Phi) is 3.91. The quantitative estimate of drug-likeness (QED) is 0.802. The van der Waals surface area contributed by atoms with Crippen LogP contribution in [-0.4, -0.2) is 61.9 Å². The number of hydrogen-bond donors (Lipinski definition) is 0. The average Bonchev–Trinajstić information content (AvgIpc) is 2.91. The van der Waals surface area contributed by atoms with E-state index in [2.05, 4.69) is 25.2 Å². The molecule has 22 heavy (non-hydrogen) atoms. The Bertz CT molecular complexity index is 673. The van der Waals surface area contributed by atoms with E-state index in [9.17, 15) is 4.79 Å². The van der Waals surface area contributed by atoms with Crippen molar-refractivity contribution in [3.8, 4) is 0 Å². The van der Waals surface area contributed by atoms with Gasteiger partial charge in [-0.25, -0.2) is 14.6 Å². The molecule has 8 nitrogen and oxygen atoms in total. The number of fused-ring (bicyclic) bond motifs is 1. The molecular formula is C14H21N7O. The first-order valence-electron chi connectivity index (χ1n) is 7.77. The maximum Gasteiger partial charge on any atom is 0.229 e. The van der Waals surface area contributed by atoms with E-state index < -0.39 is 0 Å². The monoisotopic (exact) mass is 303 g/mol. The average molecular weight is 303 g/mol. The smallest absolute Gasteiger partial charge is 0.229 e. The number of aromatic nitrogens is 5. The first kappa shape index (κ1) is 14.7. The van der Waals surface area contributed by atoms with Crippen LogP contribution in [0.4, 0.5) is 5.82 Å². The molecule has 0 aromatic carbocycles. The van der Waals surface area contributed by atoms with Crippen LogP contribution in [0.15, 0.2) is 6.33 Å². The first-order valence-corrected chi connectivity index (χ1v) is 7.77. The zero-order valence-corrected chi connectivity index (χ0v) is 13.2. The molecular weight excluding hydrogens is 282 g/mol. The normalized spacial score (nSPS) is 15.1. The summed E-state index contributed by atoms with van der Waals surface area (Å²) in [4.78, 5) is 24.8. The lowest BCUT2D eigenvalue weighted by molar-refractivity contribution is -0.135. The van der Waals surface area contributed by atoms with E-state index in [1.54, 1.807) is 4.68 Å². The van der Waals surface area contributed by atoms with Crippen molar-refractivity contribution >= 4 is 22.9 Å². The van der Waals surface area contributed by atoms with Gasteiger partial charge in [0, 0.05) is 32.7 Å². The third kappa shape index (κ3) is 2.28. The van der Waals surface area contributed by atoms with Gasteiger partial charge in [-0.15, -0.1) is 5.10 Å². The lowest BCUT2D eigenvalue weighted by Crippen LogP contribution is -2.55. The van der Waals surface area contributed by atoms with Crippen LogP contribution in [0, 0.1) is 5.92 Å². The summed E-state index contributed by atoms with van der Waals surface area (Å²) in [6, 6.07) is 0. The molecule has 0 unspecified atom stereocenters. The Morgan fingerprint density at radius 2 is 2.00 bits per heavy atom. The van der Waals surface area contributed by atoms with E-state index in [0.29, 0.717) is 18.6 Å². The molecule has 0 bridgehead atoms. The lowest BCUT2D eigenvalue weighted by atomic mass is 9.98. The third-order valence-electron chi connectivity index (χ3n) is 4.19. The molecule has 0 N–H and O–H groups in total. The fourth-order valence-electron chi connectivity index (χ4n) is 2.83. The fourth-order valence-corrected chi connectivity index (χ4v) is 2.83. The van der Waals surface area contributed by atoms with Crippen molar-refractivity contribution in [1.29, 1.82) is 0 Å². The molecule has 1 saturated heterocycles. The molecule has 1 fully saturated rings. The molecule has 1 aliphatic rings. The highest BCUT2D eigenvalue weighted by molar-refractivity contribution is 5.86. The summed E-state index contributed by atoms with van der Waals surface area (Å²) < 4.78 is 1.75. The summed E-state index contributed by atoms with van der Waals surface area (Å²) in [5.74, 6) is 1.04. The highest BCUT2D eigenvalue weighted by atomic mass is 16.2. The van der Waals surface area contributed by atoms with E-state index >= 15 is 0 Å². The maximum atomic E-state index is 12.3. The minimum absolute atomic E-state index is 0.0473. The number of rotatable bonds is 5. The van der Waals surface area contributed by atoms with Gasteiger partial charge in [0.05, 0.1) is 5.92 Å². The van der Waals surface area contributed by atoms with Crippen LogP contribution in [0.1, 0.15) is 20.8 Å². The Morgan fingerprint density at radius 1 is 1.27 bits per heavy atom. The van der Waals surface area contributed by atoms with Gasteiger partial charge >= 0.3 is 0 Å². The molecule has 0 saturated carbocycles. The van der Waals surface area contributed by atoms with Gasteiger partial charge in [0.1, 0.15) is 6.33 Å². The van der Waals surface area contributed by atoms with Crippen LogP contribution < -0.4 is 4.90 Å². The largest absolute Gasteiger partial charge is 0.353 e. The van der Waals surface area contributed by atoms with Crippen LogP contribution in [-0.2, 0) is 11.3 Å². The molecule has 1 aliphatic heterocycles. The van der Waals surface area contributed by atoms with Crippen LogP contribution in [0.2, 0.25) is 0 Å². The van der Waals surface area contributed by atoms with E-state index in [-0.39, 0.29) is 11.8 Å². The third-order valence-corrected chi connectivity index (χ3v) is 4.19. The van der Waals surface area contributed by atoms with Crippen LogP contribution >= 0.6 is 0 Å². The summed E-state index contributed by atoms with van der Waals surface area (Å²) in [5, 5.41) is 8.27. The van der Waals surface area contributed by atoms with Gasteiger partial charge in [-0.3, -0.25) is 4.79 Å². The van der Waals surface area contributed by atoms with E-state index in [1.807, 2.05) is 25.7 Å². The summed E-state index contributed by atoms with van der Waals surface area (Å²) in [6.07, 6.45) is 1.53.